The predicted octanol–water partition coefficient (Wildman–Crippen LogP) is 2.99. The zero-order valence-electron chi connectivity index (χ0n) is 10.0. The molecule has 1 aliphatic rings. The molecule has 3 nitrogen and oxygen atoms in total. The van der Waals surface area contributed by atoms with E-state index in [1.807, 2.05) is 18.2 Å². The van der Waals surface area contributed by atoms with E-state index in [9.17, 15) is 4.79 Å². The highest BCUT2D eigenvalue weighted by atomic mass is 16.4. The molecule has 1 aromatic carbocycles. The van der Waals surface area contributed by atoms with Crippen LogP contribution in [0.2, 0.25) is 0 Å². The molecule has 1 aliphatic carbocycles. The highest BCUT2D eigenvalue weighted by Crippen LogP contribution is 2.35. The van der Waals surface area contributed by atoms with Crippen molar-refractivity contribution < 1.29 is 9.90 Å². The fourth-order valence-electron chi connectivity index (χ4n) is 2.78. The number of rotatable bonds is 3. The fraction of sp³-hybridized carbons (Fsp3) is 0.267. The molecule has 0 aliphatic heterocycles. The van der Waals surface area contributed by atoms with Crippen LogP contribution in [0.1, 0.15) is 39.6 Å². The lowest BCUT2D eigenvalue weighted by Gasteiger charge is -2.10. The number of aromatic amines is 1. The minimum absolute atomic E-state index is 0.317. The van der Waals surface area contributed by atoms with Crippen LogP contribution in [0.25, 0.3) is 0 Å². The third kappa shape index (κ3) is 1.92. The molecule has 0 radical (unpaired) electrons. The van der Waals surface area contributed by atoms with Gasteiger partial charge in [0.15, 0.2) is 0 Å². The molecular formula is C15H15NO2. The third-order valence-corrected chi connectivity index (χ3v) is 3.66. The van der Waals surface area contributed by atoms with Gasteiger partial charge in [0, 0.05) is 11.6 Å². The standard InChI is InChI=1S/C15H15NO2/c17-15(18)13-9-12-7-6-11(14(12)16-13)8-10-4-2-1-3-5-10/h1-5,9,11,16H,6-8H2,(H,17,18). The highest BCUT2D eigenvalue weighted by Gasteiger charge is 2.26. The minimum Gasteiger partial charge on any atom is -0.477 e. The molecule has 0 bridgehead atoms. The van der Waals surface area contributed by atoms with Gasteiger partial charge in [0.1, 0.15) is 5.69 Å². The molecule has 0 amide bonds. The summed E-state index contributed by atoms with van der Waals surface area (Å²) in [5, 5.41) is 8.99. The fourth-order valence-corrected chi connectivity index (χ4v) is 2.78. The van der Waals surface area contributed by atoms with E-state index in [2.05, 4.69) is 17.1 Å². The SMILES string of the molecule is O=C(O)c1cc2c([nH]1)C(Cc1ccccc1)CC2. The summed E-state index contributed by atoms with van der Waals surface area (Å²) in [7, 11) is 0. The lowest BCUT2D eigenvalue weighted by atomic mass is 9.97. The Morgan fingerprint density at radius 2 is 2.11 bits per heavy atom. The molecule has 0 saturated carbocycles. The van der Waals surface area contributed by atoms with Gasteiger partial charge < -0.3 is 10.1 Å². The maximum atomic E-state index is 10.9. The second kappa shape index (κ2) is 4.33. The Bertz CT molecular complexity index is 571. The molecule has 1 atom stereocenters. The molecule has 18 heavy (non-hydrogen) atoms. The number of aromatic carboxylic acids is 1. The van der Waals surface area contributed by atoms with Crippen LogP contribution in [0.15, 0.2) is 36.4 Å². The van der Waals surface area contributed by atoms with E-state index in [1.165, 1.54) is 11.1 Å². The Balaban J connectivity index is 1.84. The van der Waals surface area contributed by atoms with E-state index >= 15 is 0 Å². The summed E-state index contributed by atoms with van der Waals surface area (Å²) in [5.74, 6) is -0.446. The second-order valence-corrected chi connectivity index (χ2v) is 4.85. The predicted molar refractivity (Wildman–Crippen MR) is 69.0 cm³/mol. The number of hydrogen-bond acceptors (Lipinski definition) is 1. The first-order valence-corrected chi connectivity index (χ1v) is 6.23. The molecule has 3 rings (SSSR count). The van der Waals surface area contributed by atoms with Crippen molar-refractivity contribution in [1.29, 1.82) is 0 Å². The summed E-state index contributed by atoms with van der Waals surface area (Å²) < 4.78 is 0. The number of carbonyl (C=O) groups is 1. The van der Waals surface area contributed by atoms with E-state index in [0.717, 1.165) is 25.0 Å². The number of fused-ring (bicyclic) bond motifs is 1. The van der Waals surface area contributed by atoms with Crippen molar-refractivity contribution in [3.63, 3.8) is 0 Å². The van der Waals surface area contributed by atoms with Crippen molar-refractivity contribution in [3.05, 3.63) is 58.9 Å². The van der Waals surface area contributed by atoms with E-state index < -0.39 is 5.97 Å². The molecule has 1 heterocycles. The Kier molecular flexibility index (Phi) is 2.67. The molecule has 0 saturated heterocycles. The largest absolute Gasteiger partial charge is 0.477 e. The molecule has 2 aromatic rings. The number of aromatic nitrogens is 1. The van der Waals surface area contributed by atoms with Crippen molar-refractivity contribution in [2.45, 2.75) is 25.2 Å². The van der Waals surface area contributed by atoms with Gasteiger partial charge in [0.25, 0.3) is 0 Å². The smallest absolute Gasteiger partial charge is 0.352 e. The van der Waals surface area contributed by atoms with Crippen LogP contribution in [0.3, 0.4) is 0 Å². The maximum absolute atomic E-state index is 10.9. The van der Waals surface area contributed by atoms with Crippen LogP contribution in [0.4, 0.5) is 0 Å². The maximum Gasteiger partial charge on any atom is 0.352 e. The number of aryl methyl sites for hydroxylation is 1. The molecule has 92 valence electrons. The Morgan fingerprint density at radius 1 is 1.33 bits per heavy atom. The lowest BCUT2D eigenvalue weighted by molar-refractivity contribution is 0.0691. The Hall–Kier alpha value is -2.03. The number of benzene rings is 1. The van der Waals surface area contributed by atoms with Gasteiger partial charge in [-0.2, -0.15) is 0 Å². The van der Waals surface area contributed by atoms with Gasteiger partial charge in [0.2, 0.25) is 0 Å². The third-order valence-electron chi connectivity index (χ3n) is 3.66. The first kappa shape index (κ1) is 11.1. The Morgan fingerprint density at radius 3 is 2.83 bits per heavy atom. The number of carboxylic acid groups (broad SMARTS) is 1. The Labute approximate surface area is 105 Å². The zero-order chi connectivity index (χ0) is 12.5. The van der Waals surface area contributed by atoms with Crippen molar-refractivity contribution in [2.75, 3.05) is 0 Å². The van der Waals surface area contributed by atoms with Crippen LogP contribution >= 0.6 is 0 Å². The summed E-state index contributed by atoms with van der Waals surface area (Å²) in [6, 6.07) is 12.1. The lowest BCUT2D eigenvalue weighted by Crippen LogP contribution is -2.02. The summed E-state index contributed by atoms with van der Waals surface area (Å²) in [4.78, 5) is 14.0. The first-order valence-electron chi connectivity index (χ1n) is 6.23. The first-order chi connectivity index (χ1) is 8.74. The van der Waals surface area contributed by atoms with Crippen LogP contribution in [-0.2, 0) is 12.8 Å². The van der Waals surface area contributed by atoms with Gasteiger partial charge in [-0.3, -0.25) is 0 Å². The van der Waals surface area contributed by atoms with Crippen molar-refractivity contribution in [2.24, 2.45) is 0 Å². The number of nitrogens with one attached hydrogen (secondary N) is 1. The van der Waals surface area contributed by atoms with Gasteiger partial charge >= 0.3 is 5.97 Å². The normalized spacial score (nSPS) is 17.7. The van der Waals surface area contributed by atoms with Gasteiger partial charge in [0.05, 0.1) is 0 Å². The molecule has 2 N–H and O–H groups in total. The van der Waals surface area contributed by atoms with Gasteiger partial charge in [-0.25, -0.2) is 4.79 Å². The molecule has 0 fully saturated rings. The van der Waals surface area contributed by atoms with Crippen LogP contribution in [0, 0.1) is 0 Å². The summed E-state index contributed by atoms with van der Waals surface area (Å²) in [6.45, 7) is 0. The van der Waals surface area contributed by atoms with Crippen molar-refractivity contribution in [3.8, 4) is 0 Å². The molecular weight excluding hydrogens is 226 g/mol. The second-order valence-electron chi connectivity index (χ2n) is 4.85. The molecule has 1 aromatic heterocycles. The van der Waals surface area contributed by atoms with Crippen LogP contribution in [-0.4, -0.2) is 16.1 Å². The van der Waals surface area contributed by atoms with Gasteiger partial charge in [-0.05, 0) is 36.5 Å². The van der Waals surface area contributed by atoms with Crippen molar-refractivity contribution >= 4 is 5.97 Å². The van der Waals surface area contributed by atoms with E-state index in [4.69, 9.17) is 5.11 Å². The van der Waals surface area contributed by atoms with Gasteiger partial charge in [-0.15, -0.1) is 0 Å². The monoisotopic (exact) mass is 241 g/mol. The van der Waals surface area contributed by atoms with E-state index in [0.29, 0.717) is 11.6 Å². The highest BCUT2D eigenvalue weighted by molar-refractivity contribution is 5.86. The zero-order valence-corrected chi connectivity index (χ0v) is 10.0. The number of hydrogen-bond donors (Lipinski definition) is 2. The average molecular weight is 241 g/mol. The van der Waals surface area contributed by atoms with E-state index in [-0.39, 0.29) is 0 Å². The van der Waals surface area contributed by atoms with Crippen LogP contribution < -0.4 is 0 Å². The number of carboxylic acids is 1. The molecule has 1 unspecified atom stereocenters. The molecule has 0 spiro atoms. The molecule has 3 heteroatoms. The quantitative estimate of drug-likeness (QED) is 0.868. The summed E-state index contributed by atoms with van der Waals surface area (Å²) in [6.07, 6.45) is 3.07. The topological polar surface area (TPSA) is 53.1 Å². The summed E-state index contributed by atoms with van der Waals surface area (Å²) in [5.41, 5.74) is 3.92. The summed E-state index contributed by atoms with van der Waals surface area (Å²) >= 11 is 0. The van der Waals surface area contributed by atoms with E-state index in [1.54, 1.807) is 6.07 Å². The number of H-pyrrole nitrogens is 1. The van der Waals surface area contributed by atoms with Gasteiger partial charge in [-0.1, -0.05) is 30.3 Å². The minimum atomic E-state index is -0.872. The van der Waals surface area contributed by atoms with Crippen LogP contribution in [0.5, 0.6) is 0 Å². The average Bonchev–Trinajstić information content (AvgIpc) is 2.93. The van der Waals surface area contributed by atoms with Crippen molar-refractivity contribution in [1.82, 2.24) is 4.98 Å².